The van der Waals surface area contributed by atoms with Crippen LogP contribution in [0.5, 0.6) is 0 Å². The van der Waals surface area contributed by atoms with Crippen LogP contribution in [0.4, 0.5) is 4.39 Å². The number of nitrogens with zero attached hydrogens (tertiary/aromatic N) is 3. The lowest BCUT2D eigenvalue weighted by Crippen LogP contribution is -2.36. The molecule has 0 aliphatic rings. The molecule has 1 unspecified atom stereocenters. The van der Waals surface area contributed by atoms with E-state index in [-0.39, 0.29) is 23.7 Å². The van der Waals surface area contributed by atoms with Gasteiger partial charge in [0.2, 0.25) is 10.0 Å². The smallest absolute Gasteiger partial charge is 0.243 e. The van der Waals surface area contributed by atoms with Crippen LogP contribution in [0.25, 0.3) is 5.69 Å². The molecule has 23 heavy (non-hydrogen) atoms. The first kappa shape index (κ1) is 17.5. The molecule has 2 rings (SSSR count). The number of likely N-dealkylation sites (N-methyl/N-ethyl adjacent to an activating group) is 1. The molecule has 0 amide bonds. The quantitative estimate of drug-likeness (QED) is 0.797. The van der Waals surface area contributed by atoms with E-state index in [0.29, 0.717) is 0 Å². The number of halogens is 1. The van der Waals surface area contributed by atoms with E-state index in [0.717, 1.165) is 10.4 Å². The lowest BCUT2D eigenvalue weighted by atomic mass is 10.3. The maximum Gasteiger partial charge on any atom is 0.243 e. The van der Waals surface area contributed by atoms with Crippen molar-refractivity contribution in [3.05, 3.63) is 42.5 Å². The van der Waals surface area contributed by atoms with Crippen LogP contribution in [0.1, 0.15) is 0 Å². The number of sulfonamides is 1. The Hall–Kier alpha value is -1.81. The van der Waals surface area contributed by atoms with Crippen LogP contribution in [0.3, 0.4) is 0 Å². The molecule has 0 bridgehead atoms. The van der Waals surface area contributed by atoms with Gasteiger partial charge in [-0.25, -0.2) is 17.5 Å². The van der Waals surface area contributed by atoms with Crippen molar-refractivity contribution in [3.8, 4) is 5.69 Å². The first-order chi connectivity index (χ1) is 10.9. The Balaban J connectivity index is 2.25. The number of aliphatic hydroxyl groups is 1. The van der Waals surface area contributed by atoms with E-state index in [1.165, 1.54) is 37.2 Å². The average molecular weight is 343 g/mol. The number of aliphatic hydroxyl groups excluding tert-OH is 1. The van der Waals surface area contributed by atoms with E-state index >= 15 is 0 Å². The molecular formula is C14H18FN3O4S. The van der Waals surface area contributed by atoms with Gasteiger partial charge >= 0.3 is 0 Å². The molecule has 2 aromatic rings. The number of aromatic nitrogens is 2. The summed E-state index contributed by atoms with van der Waals surface area (Å²) in [6, 6.07) is 5.21. The molecule has 0 radical (unpaired) electrons. The molecule has 7 nitrogen and oxygen atoms in total. The van der Waals surface area contributed by atoms with E-state index in [4.69, 9.17) is 4.74 Å². The Bertz CT molecular complexity index is 749. The second-order valence-corrected chi connectivity index (χ2v) is 7.00. The topological polar surface area (TPSA) is 84.7 Å². The van der Waals surface area contributed by atoms with Crippen LogP contribution in [0.2, 0.25) is 0 Å². The molecule has 0 aliphatic carbocycles. The van der Waals surface area contributed by atoms with Gasteiger partial charge in [-0.1, -0.05) is 0 Å². The molecule has 0 fully saturated rings. The number of methoxy groups -OCH3 is 1. The van der Waals surface area contributed by atoms with Gasteiger partial charge in [-0.15, -0.1) is 0 Å². The Morgan fingerprint density at radius 3 is 2.78 bits per heavy atom. The number of ether oxygens (including phenoxy) is 1. The van der Waals surface area contributed by atoms with Crippen LogP contribution in [-0.2, 0) is 14.8 Å². The molecule has 0 saturated heterocycles. The highest BCUT2D eigenvalue weighted by Crippen LogP contribution is 2.20. The molecule has 1 heterocycles. The highest BCUT2D eigenvalue weighted by molar-refractivity contribution is 7.89. The molecule has 0 saturated carbocycles. The minimum atomic E-state index is -3.91. The van der Waals surface area contributed by atoms with Crippen molar-refractivity contribution in [2.24, 2.45) is 0 Å². The standard InChI is InChI=1S/C14H18FN3O4S/c1-17(9-11(19)10-22-2)23(20,21)12-4-5-14(13(15)8-12)18-7-3-6-16-18/h3-8,11,19H,9-10H2,1-2H3. The first-order valence-electron chi connectivity index (χ1n) is 6.79. The minimum absolute atomic E-state index is 0.00641. The van der Waals surface area contributed by atoms with Crippen LogP contribution in [0, 0.1) is 5.82 Å². The zero-order valence-electron chi connectivity index (χ0n) is 12.8. The van der Waals surface area contributed by atoms with Crippen molar-refractivity contribution in [1.29, 1.82) is 0 Å². The third-order valence-corrected chi connectivity index (χ3v) is 5.02. The Kier molecular flexibility index (Phi) is 5.47. The van der Waals surface area contributed by atoms with Gasteiger partial charge in [-0.05, 0) is 24.3 Å². The third-order valence-electron chi connectivity index (χ3n) is 3.21. The normalized spacial score (nSPS) is 13.4. The molecule has 126 valence electrons. The molecule has 9 heteroatoms. The minimum Gasteiger partial charge on any atom is -0.389 e. The number of rotatable bonds is 7. The van der Waals surface area contributed by atoms with Gasteiger partial charge < -0.3 is 9.84 Å². The summed E-state index contributed by atoms with van der Waals surface area (Å²) in [7, 11) is -1.20. The summed E-state index contributed by atoms with van der Waals surface area (Å²) in [5.41, 5.74) is 0.149. The van der Waals surface area contributed by atoms with E-state index in [1.807, 2.05) is 0 Å². The van der Waals surface area contributed by atoms with E-state index in [1.54, 1.807) is 12.3 Å². The second-order valence-electron chi connectivity index (χ2n) is 4.96. The van der Waals surface area contributed by atoms with Gasteiger partial charge in [0, 0.05) is 33.1 Å². The molecular weight excluding hydrogens is 325 g/mol. The average Bonchev–Trinajstić information content (AvgIpc) is 3.01. The summed E-state index contributed by atoms with van der Waals surface area (Å²) in [5.74, 6) is -0.708. The number of hydrogen-bond donors (Lipinski definition) is 1. The fraction of sp³-hybridized carbons (Fsp3) is 0.357. The van der Waals surface area contributed by atoms with Gasteiger partial charge in [0.1, 0.15) is 11.5 Å². The molecule has 0 spiro atoms. The van der Waals surface area contributed by atoms with E-state index in [2.05, 4.69) is 5.10 Å². The maximum absolute atomic E-state index is 14.2. The predicted molar refractivity (Wildman–Crippen MR) is 81.2 cm³/mol. The maximum atomic E-state index is 14.2. The van der Waals surface area contributed by atoms with Gasteiger partial charge in [0.15, 0.2) is 0 Å². The fourth-order valence-electron chi connectivity index (χ4n) is 2.07. The van der Waals surface area contributed by atoms with Crippen LogP contribution >= 0.6 is 0 Å². The summed E-state index contributed by atoms with van der Waals surface area (Å²) in [5, 5.41) is 13.5. The van der Waals surface area contributed by atoms with Gasteiger partial charge in [0.05, 0.1) is 17.6 Å². The summed E-state index contributed by atoms with van der Waals surface area (Å²) in [6.45, 7) is -0.148. The van der Waals surface area contributed by atoms with Gasteiger partial charge in [-0.2, -0.15) is 9.40 Å². The van der Waals surface area contributed by atoms with Crippen LogP contribution in [0.15, 0.2) is 41.6 Å². The molecule has 0 aliphatic heterocycles. The molecule has 1 aromatic heterocycles. The third kappa shape index (κ3) is 3.94. The van der Waals surface area contributed by atoms with Crippen LogP contribution in [-0.4, -0.2) is 61.0 Å². The summed E-state index contributed by atoms with van der Waals surface area (Å²) in [4.78, 5) is -0.196. The fourth-order valence-corrected chi connectivity index (χ4v) is 3.29. The Morgan fingerprint density at radius 2 is 2.22 bits per heavy atom. The van der Waals surface area contributed by atoms with Crippen molar-refractivity contribution >= 4 is 10.0 Å². The predicted octanol–water partition coefficient (Wildman–Crippen LogP) is 0.639. The lowest BCUT2D eigenvalue weighted by molar-refractivity contribution is 0.0554. The zero-order valence-corrected chi connectivity index (χ0v) is 13.6. The SMILES string of the molecule is COCC(O)CN(C)S(=O)(=O)c1ccc(-n2cccn2)c(F)c1. The van der Waals surface area contributed by atoms with Crippen molar-refractivity contribution in [1.82, 2.24) is 14.1 Å². The van der Waals surface area contributed by atoms with Crippen molar-refractivity contribution in [2.75, 3.05) is 27.3 Å². The number of benzene rings is 1. The lowest BCUT2D eigenvalue weighted by Gasteiger charge is -2.20. The Morgan fingerprint density at radius 1 is 1.48 bits per heavy atom. The van der Waals surface area contributed by atoms with Crippen molar-refractivity contribution < 1.29 is 22.7 Å². The Labute approximate surface area is 134 Å². The highest BCUT2D eigenvalue weighted by Gasteiger charge is 2.24. The zero-order chi connectivity index (χ0) is 17.0. The second kappa shape index (κ2) is 7.18. The van der Waals surface area contributed by atoms with Crippen LogP contribution < -0.4 is 0 Å². The molecule has 1 aromatic carbocycles. The molecule has 1 atom stereocenters. The summed E-state index contributed by atoms with van der Waals surface area (Å²) < 4.78 is 46.0. The molecule has 1 N–H and O–H groups in total. The van der Waals surface area contributed by atoms with Crippen molar-refractivity contribution in [3.63, 3.8) is 0 Å². The number of hydrogen-bond acceptors (Lipinski definition) is 5. The summed E-state index contributed by atoms with van der Waals surface area (Å²) >= 11 is 0. The van der Waals surface area contributed by atoms with E-state index in [9.17, 15) is 17.9 Å². The van der Waals surface area contributed by atoms with Gasteiger partial charge in [0.25, 0.3) is 0 Å². The van der Waals surface area contributed by atoms with E-state index < -0.39 is 21.9 Å². The van der Waals surface area contributed by atoms with Crippen molar-refractivity contribution in [2.45, 2.75) is 11.0 Å². The summed E-state index contributed by atoms with van der Waals surface area (Å²) in [6.07, 6.45) is 2.09. The van der Waals surface area contributed by atoms with Gasteiger partial charge in [-0.3, -0.25) is 0 Å². The largest absolute Gasteiger partial charge is 0.389 e. The highest BCUT2D eigenvalue weighted by atomic mass is 32.2. The first-order valence-corrected chi connectivity index (χ1v) is 8.23. The monoisotopic (exact) mass is 343 g/mol.